The molecule has 1 aromatic carbocycles. The monoisotopic (exact) mass is 310 g/mol. The average Bonchev–Trinajstić information content (AvgIpc) is 2.88. The molecule has 1 atom stereocenters. The molecule has 112 valence electrons. The number of aliphatic carboxylic acids is 1. The second-order valence-corrected chi connectivity index (χ2v) is 6.58. The summed E-state index contributed by atoms with van der Waals surface area (Å²) < 4.78 is 31.5. The Hall–Kier alpha value is -1.95. The maximum atomic E-state index is 12.1. The van der Waals surface area contributed by atoms with Crippen LogP contribution in [0.25, 0.3) is 0 Å². The molecule has 1 saturated heterocycles. The summed E-state index contributed by atoms with van der Waals surface area (Å²) in [6, 6.07) is 8.01. The third-order valence-electron chi connectivity index (χ3n) is 3.22. The van der Waals surface area contributed by atoms with Gasteiger partial charge in [0, 0.05) is 13.0 Å². The highest BCUT2D eigenvalue weighted by Gasteiger charge is 2.45. The number of nitrogens with one attached hydrogen (secondary N) is 1. The van der Waals surface area contributed by atoms with E-state index in [1.807, 2.05) is 6.07 Å². The first-order valence-corrected chi connectivity index (χ1v) is 7.84. The number of hydrogen-bond acceptors (Lipinski definition) is 5. The van der Waals surface area contributed by atoms with E-state index in [1.54, 1.807) is 0 Å². The van der Waals surface area contributed by atoms with Gasteiger partial charge in [-0.05, 0) is 17.7 Å². The van der Waals surface area contributed by atoms with Crippen LogP contribution in [-0.4, -0.2) is 38.2 Å². The number of benzene rings is 1. The summed E-state index contributed by atoms with van der Waals surface area (Å²) in [5.74, 6) is -1.60. The molecule has 2 rings (SSSR count). The molecule has 0 bridgehead atoms. The van der Waals surface area contributed by atoms with E-state index in [4.69, 9.17) is 10.00 Å². The molecule has 21 heavy (non-hydrogen) atoms. The van der Waals surface area contributed by atoms with Gasteiger partial charge in [-0.2, -0.15) is 9.98 Å². The fourth-order valence-electron chi connectivity index (χ4n) is 2.09. The van der Waals surface area contributed by atoms with Crippen LogP contribution in [0.4, 0.5) is 0 Å². The summed E-state index contributed by atoms with van der Waals surface area (Å²) in [6.45, 7) is 0.0145. The molecule has 1 aliphatic rings. The van der Waals surface area contributed by atoms with Crippen molar-refractivity contribution in [1.82, 2.24) is 4.72 Å². The van der Waals surface area contributed by atoms with Gasteiger partial charge in [-0.25, -0.2) is 8.42 Å². The van der Waals surface area contributed by atoms with Gasteiger partial charge in [0.05, 0.1) is 24.0 Å². The summed E-state index contributed by atoms with van der Waals surface area (Å²) >= 11 is 0. The third kappa shape index (κ3) is 3.58. The van der Waals surface area contributed by atoms with Gasteiger partial charge in [0.25, 0.3) is 0 Å². The lowest BCUT2D eigenvalue weighted by atomic mass is 10.0. The zero-order chi connectivity index (χ0) is 15.5. The molecule has 0 spiro atoms. The van der Waals surface area contributed by atoms with E-state index in [2.05, 4.69) is 4.72 Å². The summed E-state index contributed by atoms with van der Waals surface area (Å²) in [5.41, 5.74) is -0.693. The maximum absolute atomic E-state index is 12.1. The number of rotatable bonds is 5. The van der Waals surface area contributed by atoms with Crippen LogP contribution in [-0.2, 0) is 25.3 Å². The second kappa shape index (κ2) is 5.81. The lowest BCUT2D eigenvalue weighted by molar-refractivity contribution is -0.144. The molecule has 0 aromatic heterocycles. The Balaban J connectivity index is 2.14. The summed E-state index contributed by atoms with van der Waals surface area (Å²) in [4.78, 5) is 11.3. The zero-order valence-electron chi connectivity index (χ0n) is 11.1. The molecule has 0 radical (unpaired) electrons. The largest absolute Gasteiger partial charge is 0.480 e. The van der Waals surface area contributed by atoms with Crippen molar-refractivity contribution in [2.75, 3.05) is 13.2 Å². The van der Waals surface area contributed by atoms with Gasteiger partial charge in [0.1, 0.15) is 0 Å². The molecule has 7 nitrogen and oxygen atoms in total. The summed E-state index contributed by atoms with van der Waals surface area (Å²) in [7, 11) is -3.83. The van der Waals surface area contributed by atoms with Gasteiger partial charge in [0.2, 0.25) is 10.0 Å². The van der Waals surface area contributed by atoms with E-state index < -0.39 is 21.5 Å². The zero-order valence-corrected chi connectivity index (χ0v) is 11.9. The number of ether oxygens (including phenoxy) is 1. The Bertz CT molecular complexity index is 670. The van der Waals surface area contributed by atoms with Crippen molar-refractivity contribution in [3.05, 3.63) is 35.4 Å². The van der Waals surface area contributed by atoms with Crippen LogP contribution in [0.3, 0.4) is 0 Å². The quantitative estimate of drug-likeness (QED) is 0.803. The second-order valence-electron chi connectivity index (χ2n) is 4.86. The molecule has 1 fully saturated rings. The minimum atomic E-state index is -3.83. The number of sulfonamides is 1. The molecule has 0 amide bonds. The van der Waals surface area contributed by atoms with Crippen LogP contribution >= 0.6 is 0 Å². The highest BCUT2D eigenvalue weighted by atomic mass is 32.2. The third-order valence-corrected chi connectivity index (χ3v) is 4.64. The van der Waals surface area contributed by atoms with Crippen LogP contribution in [0.1, 0.15) is 17.5 Å². The first-order valence-electron chi connectivity index (χ1n) is 6.19. The molecule has 2 N–H and O–H groups in total. The van der Waals surface area contributed by atoms with Gasteiger partial charge in [-0.15, -0.1) is 0 Å². The van der Waals surface area contributed by atoms with Crippen LogP contribution < -0.4 is 4.72 Å². The van der Waals surface area contributed by atoms with Crippen LogP contribution in [0.5, 0.6) is 0 Å². The van der Waals surface area contributed by atoms with Gasteiger partial charge in [-0.3, -0.25) is 4.79 Å². The lowest BCUT2D eigenvalue weighted by Crippen LogP contribution is -2.55. The number of nitriles is 1. The normalized spacial score (nSPS) is 21.9. The number of nitrogens with zero attached hydrogens (tertiary/aromatic N) is 1. The summed E-state index contributed by atoms with van der Waals surface area (Å²) in [6.07, 6.45) is 0.0922. The van der Waals surface area contributed by atoms with E-state index in [0.717, 1.165) is 0 Å². The molecule has 1 aromatic rings. The molecular weight excluding hydrogens is 296 g/mol. The van der Waals surface area contributed by atoms with Gasteiger partial charge >= 0.3 is 5.97 Å². The van der Waals surface area contributed by atoms with Crippen molar-refractivity contribution in [2.24, 2.45) is 0 Å². The summed E-state index contributed by atoms with van der Waals surface area (Å²) in [5, 5.41) is 17.9. The van der Waals surface area contributed by atoms with Crippen molar-refractivity contribution >= 4 is 16.0 Å². The predicted octanol–water partition coefficient (Wildman–Crippen LogP) is 0.221. The minimum absolute atomic E-state index is 0.0922. The van der Waals surface area contributed by atoms with Crippen LogP contribution in [0.2, 0.25) is 0 Å². The van der Waals surface area contributed by atoms with Crippen molar-refractivity contribution < 1.29 is 23.1 Å². The fraction of sp³-hybridized carbons (Fsp3) is 0.385. The fourth-order valence-corrected chi connectivity index (χ4v) is 3.63. The van der Waals surface area contributed by atoms with Gasteiger partial charge in [-0.1, -0.05) is 12.1 Å². The lowest BCUT2D eigenvalue weighted by Gasteiger charge is -2.23. The predicted molar refractivity (Wildman–Crippen MR) is 72.7 cm³/mol. The Morgan fingerprint density at radius 2 is 2.10 bits per heavy atom. The Morgan fingerprint density at radius 3 is 2.57 bits per heavy atom. The SMILES string of the molecule is N#Cc1ccc(CS(=O)(=O)NC2(C(=O)O)CCOC2)cc1. The van der Waals surface area contributed by atoms with Crippen molar-refractivity contribution in [2.45, 2.75) is 17.7 Å². The maximum Gasteiger partial charge on any atom is 0.327 e. The number of carboxylic acids is 1. The molecular formula is C13H14N2O5S. The average molecular weight is 310 g/mol. The molecule has 1 aliphatic heterocycles. The Kier molecular flexibility index (Phi) is 4.27. The minimum Gasteiger partial charge on any atom is -0.480 e. The number of carboxylic acid groups (broad SMARTS) is 1. The Morgan fingerprint density at radius 1 is 1.43 bits per heavy atom. The van der Waals surface area contributed by atoms with Gasteiger partial charge < -0.3 is 9.84 Å². The molecule has 1 heterocycles. The smallest absolute Gasteiger partial charge is 0.327 e. The highest BCUT2D eigenvalue weighted by Crippen LogP contribution is 2.21. The molecule has 0 saturated carbocycles. The van der Waals surface area contributed by atoms with E-state index in [1.165, 1.54) is 24.3 Å². The van der Waals surface area contributed by atoms with E-state index >= 15 is 0 Å². The van der Waals surface area contributed by atoms with Crippen molar-refractivity contribution in [3.63, 3.8) is 0 Å². The van der Waals surface area contributed by atoms with Crippen LogP contribution in [0, 0.1) is 11.3 Å². The molecule has 0 aliphatic carbocycles. The van der Waals surface area contributed by atoms with Crippen LogP contribution in [0.15, 0.2) is 24.3 Å². The van der Waals surface area contributed by atoms with Crippen molar-refractivity contribution in [1.29, 1.82) is 5.26 Å². The highest BCUT2D eigenvalue weighted by molar-refractivity contribution is 7.88. The van der Waals surface area contributed by atoms with E-state index in [9.17, 15) is 18.3 Å². The first-order chi connectivity index (χ1) is 9.87. The number of carbonyl (C=O) groups is 1. The molecule has 8 heteroatoms. The number of hydrogen-bond donors (Lipinski definition) is 2. The topological polar surface area (TPSA) is 116 Å². The van der Waals surface area contributed by atoms with E-state index in [0.29, 0.717) is 11.1 Å². The standard InChI is InChI=1S/C13H14N2O5S/c14-7-10-1-3-11(4-2-10)8-21(18,19)15-13(12(16)17)5-6-20-9-13/h1-4,15H,5-6,8-9H2,(H,16,17). The van der Waals surface area contributed by atoms with Crippen molar-refractivity contribution in [3.8, 4) is 6.07 Å². The molecule has 1 unspecified atom stereocenters. The Labute approximate surface area is 122 Å². The first kappa shape index (κ1) is 15.4. The van der Waals surface area contributed by atoms with E-state index in [-0.39, 0.29) is 25.4 Å². The van der Waals surface area contributed by atoms with Gasteiger partial charge in [0.15, 0.2) is 5.54 Å².